The summed E-state index contributed by atoms with van der Waals surface area (Å²) in [6.07, 6.45) is 1.91. The maximum absolute atomic E-state index is 13.9. The van der Waals surface area contributed by atoms with Crippen LogP contribution in [0.25, 0.3) is 0 Å². The van der Waals surface area contributed by atoms with E-state index in [0.717, 1.165) is 13.5 Å². The molecular weight excluding hydrogens is 464 g/mol. The van der Waals surface area contributed by atoms with Crippen molar-refractivity contribution in [2.75, 3.05) is 7.11 Å². The Morgan fingerprint density at radius 3 is 1.97 bits per heavy atom. The van der Waals surface area contributed by atoms with E-state index in [1.54, 1.807) is 20.8 Å². The standard InChI is InChI=1S/C27H46N2O7/c1-11-12-13-18(20(31)23(33)35-10)28-22(32)17-15-27(8,9)14-16(17)19(30)21(25(2,3)4)29-24(34)36-26(5,6)7/h16-18,21H,11-15H2,1-10H3,(H,28,32)(H,29,34). The molecule has 1 rings (SSSR count). The second-order valence-corrected chi connectivity index (χ2v) is 12.7. The van der Waals surface area contributed by atoms with Crippen LogP contribution in [-0.4, -0.2) is 54.3 Å². The van der Waals surface area contributed by atoms with Gasteiger partial charge in [-0.05, 0) is 50.9 Å². The van der Waals surface area contributed by atoms with Crippen LogP contribution in [0, 0.1) is 22.7 Å². The normalized spacial score (nSPS) is 21.2. The second-order valence-electron chi connectivity index (χ2n) is 12.7. The molecular formula is C27H46N2O7. The lowest BCUT2D eigenvalue weighted by Gasteiger charge is -2.34. The van der Waals surface area contributed by atoms with Crippen LogP contribution in [0.2, 0.25) is 0 Å². The number of ether oxygens (including phenoxy) is 2. The van der Waals surface area contributed by atoms with Gasteiger partial charge in [0.05, 0.1) is 19.2 Å². The molecule has 0 aromatic carbocycles. The summed E-state index contributed by atoms with van der Waals surface area (Å²) >= 11 is 0. The van der Waals surface area contributed by atoms with Gasteiger partial charge >= 0.3 is 12.1 Å². The predicted molar refractivity (Wildman–Crippen MR) is 136 cm³/mol. The number of rotatable bonds is 10. The summed E-state index contributed by atoms with van der Waals surface area (Å²) in [7, 11) is 1.12. The first-order valence-electron chi connectivity index (χ1n) is 12.8. The Morgan fingerprint density at radius 2 is 1.50 bits per heavy atom. The molecule has 9 heteroatoms. The van der Waals surface area contributed by atoms with Crippen molar-refractivity contribution < 1.29 is 33.4 Å². The lowest BCUT2D eigenvalue weighted by Crippen LogP contribution is -2.54. The van der Waals surface area contributed by atoms with E-state index in [-0.39, 0.29) is 11.2 Å². The van der Waals surface area contributed by atoms with Crippen LogP contribution in [0.5, 0.6) is 0 Å². The zero-order chi connectivity index (χ0) is 28.1. The number of methoxy groups -OCH3 is 1. The van der Waals surface area contributed by atoms with Gasteiger partial charge in [0.15, 0.2) is 5.78 Å². The summed E-state index contributed by atoms with van der Waals surface area (Å²) in [6, 6.07) is -1.89. The fraction of sp³-hybridized carbons (Fsp3) is 0.815. The minimum atomic E-state index is -1.01. The zero-order valence-electron chi connectivity index (χ0n) is 23.7. The topological polar surface area (TPSA) is 128 Å². The van der Waals surface area contributed by atoms with E-state index in [4.69, 9.17) is 4.74 Å². The number of alkyl carbamates (subject to hydrolysis) is 1. The molecule has 1 saturated carbocycles. The van der Waals surface area contributed by atoms with Crippen LogP contribution in [-0.2, 0) is 28.7 Å². The lowest BCUT2D eigenvalue weighted by atomic mass is 9.77. The molecule has 36 heavy (non-hydrogen) atoms. The Balaban J connectivity index is 3.22. The van der Waals surface area contributed by atoms with E-state index in [1.807, 2.05) is 41.5 Å². The van der Waals surface area contributed by atoms with Gasteiger partial charge in [-0.25, -0.2) is 9.59 Å². The van der Waals surface area contributed by atoms with Crippen molar-refractivity contribution in [1.29, 1.82) is 0 Å². The van der Waals surface area contributed by atoms with Crippen molar-refractivity contribution >= 4 is 29.5 Å². The fourth-order valence-electron chi connectivity index (χ4n) is 4.69. The number of nitrogens with one attached hydrogen (secondary N) is 2. The molecule has 206 valence electrons. The molecule has 4 unspecified atom stereocenters. The lowest BCUT2D eigenvalue weighted by molar-refractivity contribution is -0.153. The molecule has 0 spiro atoms. The average Bonchev–Trinajstić information content (AvgIpc) is 3.06. The van der Waals surface area contributed by atoms with Crippen molar-refractivity contribution in [3.63, 3.8) is 0 Å². The molecule has 0 aromatic heterocycles. The van der Waals surface area contributed by atoms with Gasteiger partial charge in [0.1, 0.15) is 5.60 Å². The number of esters is 1. The monoisotopic (exact) mass is 510 g/mol. The van der Waals surface area contributed by atoms with Crippen molar-refractivity contribution in [1.82, 2.24) is 10.6 Å². The van der Waals surface area contributed by atoms with Gasteiger partial charge in [-0.3, -0.25) is 14.4 Å². The van der Waals surface area contributed by atoms with Gasteiger partial charge in [-0.15, -0.1) is 0 Å². The van der Waals surface area contributed by atoms with Crippen molar-refractivity contribution in [2.24, 2.45) is 22.7 Å². The van der Waals surface area contributed by atoms with Crippen LogP contribution >= 0.6 is 0 Å². The van der Waals surface area contributed by atoms with E-state index in [0.29, 0.717) is 25.7 Å². The smallest absolute Gasteiger partial charge is 0.408 e. The Hall–Kier alpha value is -2.45. The van der Waals surface area contributed by atoms with Gasteiger partial charge in [0, 0.05) is 11.8 Å². The summed E-state index contributed by atoms with van der Waals surface area (Å²) in [4.78, 5) is 64.2. The number of carbonyl (C=O) groups is 5. The largest absolute Gasteiger partial charge is 0.463 e. The van der Waals surface area contributed by atoms with Crippen LogP contribution in [0.3, 0.4) is 0 Å². The first-order chi connectivity index (χ1) is 16.3. The highest BCUT2D eigenvalue weighted by Gasteiger charge is 2.50. The van der Waals surface area contributed by atoms with Gasteiger partial charge in [-0.1, -0.05) is 54.4 Å². The Morgan fingerprint density at radius 1 is 0.944 bits per heavy atom. The molecule has 9 nitrogen and oxygen atoms in total. The van der Waals surface area contributed by atoms with E-state index in [2.05, 4.69) is 15.4 Å². The molecule has 1 fully saturated rings. The quantitative estimate of drug-likeness (QED) is 0.336. The van der Waals surface area contributed by atoms with Crippen molar-refractivity contribution in [3.05, 3.63) is 0 Å². The minimum Gasteiger partial charge on any atom is -0.463 e. The molecule has 0 aromatic rings. The predicted octanol–water partition coefficient (Wildman–Crippen LogP) is 3.96. The first-order valence-corrected chi connectivity index (χ1v) is 12.8. The third kappa shape index (κ3) is 9.21. The van der Waals surface area contributed by atoms with Crippen molar-refractivity contribution in [2.45, 2.75) is 112 Å². The molecule has 0 radical (unpaired) electrons. The molecule has 4 atom stereocenters. The van der Waals surface area contributed by atoms with Crippen LogP contribution in [0.4, 0.5) is 4.79 Å². The van der Waals surface area contributed by atoms with Crippen LogP contribution < -0.4 is 10.6 Å². The third-order valence-electron chi connectivity index (χ3n) is 6.41. The van der Waals surface area contributed by atoms with Gasteiger partial charge in [0.2, 0.25) is 5.91 Å². The number of Topliss-reactive ketones (excluding diaryl/α,β-unsaturated/α-hetero) is 2. The molecule has 0 saturated heterocycles. The summed E-state index contributed by atoms with van der Waals surface area (Å²) in [5.41, 5.74) is -1.67. The fourth-order valence-corrected chi connectivity index (χ4v) is 4.69. The van der Waals surface area contributed by atoms with Gasteiger partial charge < -0.3 is 20.1 Å². The maximum atomic E-state index is 13.9. The number of hydrogen-bond acceptors (Lipinski definition) is 7. The molecule has 0 bridgehead atoms. The number of carbonyl (C=O) groups excluding carboxylic acids is 5. The number of amides is 2. The van der Waals surface area contributed by atoms with Gasteiger partial charge in [0.25, 0.3) is 5.78 Å². The molecule has 0 aliphatic heterocycles. The highest BCUT2D eigenvalue weighted by molar-refractivity contribution is 6.36. The molecule has 2 amide bonds. The third-order valence-corrected chi connectivity index (χ3v) is 6.41. The Bertz CT molecular complexity index is 836. The second kappa shape index (κ2) is 12.2. The number of hydrogen-bond donors (Lipinski definition) is 2. The number of unbranched alkanes of at least 4 members (excludes halogenated alkanes) is 1. The highest BCUT2D eigenvalue weighted by atomic mass is 16.6. The first kappa shape index (κ1) is 31.6. The van der Waals surface area contributed by atoms with E-state index in [9.17, 15) is 24.0 Å². The van der Waals surface area contributed by atoms with Crippen molar-refractivity contribution in [3.8, 4) is 0 Å². The zero-order valence-corrected chi connectivity index (χ0v) is 23.7. The Labute approximate surface area is 215 Å². The van der Waals surface area contributed by atoms with E-state index in [1.165, 1.54) is 0 Å². The Kier molecular flexibility index (Phi) is 10.7. The van der Waals surface area contributed by atoms with E-state index < -0.39 is 58.7 Å². The highest BCUT2D eigenvalue weighted by Crippen LogP contribution is 2.47. The summed E-state index contributed by atoms with van der Waals surface area (Å²) in [5, 5.41) is 5.46. The molecule has 1 aliphatic rings. The molecule has 0 heterocycles. The maximum Gasteiger partial charge on any atom is 0.408 e. The van der Waals surface area contributed by atoms with Gasteiger partial charge in [-0.2, -0.15) is 0 Å². The minimum absolute atomic E-state index is 0.247. The molecule has 2 N–H and O–H groups in total. The number of ketones is 2. The van der Waals surface area contributed by atoms with Crippen LogP contribution in [0.1, 0.15) is 94.4 Å². The molecule has 1 aliphatic carbocycles. The summed E-state index contributed by atoms with van der Waals surface area (Å²) in [6.45, 7) is 16.7. The summed E-state index contributed by atoms with van der Waals surface area (Å²) in [5.74, 6) is -3.87. The summed E-state index contributed by atoms with van der Waals surface area (Å²) < 4.78 is 9.94. The van der Waals surface area contributed by atoms with E-state index >= 15 is 0 Å². The SMILES string of the molecule is CCCCC(NC(=O)C1CC(C)(C)CC1C(=O)C(NC(=O)OC(C)(C)C)C(C)(C)C)C(=O)C(=O)OC. The van der Waals surface area contributed by atoms with Crippen LogP contribution in [0.15, 0.2) is 0 Å². The average molecular weight is 511 g/mol.